The quantitative estimate of drug-likeness (QED) is 0.747. The van der Waals surface area contributed by atoms with E-state index in [1.807, 2.05) is 6.20 Å². The van der Waals surface area contributed by atoms with Gasteiger partial charge in [-0.1, -0.05) is 13.8 Å². The van der Waals surface area contributed by atoms with E-state index >= 15 is 0 Å². The van der Waals surface area contributed by atoms with Crippen LogP contribution in [0.5, 0.6) is 0 Å². The van der Waals surface area contributed by atoms with Crippen molar-refractivity contribution in [3.8, 4) is 0 Å². The number of rotatable bonds is 4. The average molecular weight is 171 g/mol. The van der Waals surface area contributed by atoms with Crippen molar-refractivity contribution in [1.82, 2.24) is 14.1 Å². The van der Waals surface area contributed by atoms with Crippen molar-refractivity contribution in [3.05, 3.63) is 11.9 Å². The van der Waals surface area contributed by atoms with Crippen molar-refractivity contribution < 1.29 is 0 Å². The molecule has 1 N–H and O–H groups in total. The van der Waals surface area contributed by atoms with Crippen LogP contribution >= 0.6 is 11.7 Å². The van der Waals surface area contributed by atoms with E-state index in [1.165, 1.54) is 11.7 Å². The Balaban J connectivity index is 2.56. The minimum atomic E-state index is 0.388. The predicted octanol–water partition coefficient (Wildman–Crippen LogP) is 1.60. The summed E-state index contributed by atoms with van der Waals surface area (Å²) in [5, 5.41) is 3.34. The van der Waals surface area contributed by atoms with Gasteiger partial charge < -0.3 is 5.32 Å². The van der Waals surface area contributed by atoms with Crippen LogP contribution in [0.3, 0.4) is 0 Å². The van der Waals surface area contributed by atoms with E-state index < -0.39 is 0 Å². The third-order valence-electron chi connectivity index (χ3n) is 1.59. The molecule has 0 bridgehead atoms. The molecule has 0 saturated carbocycles. The van der Waals surface area contributed by atoms with Crippen LogP contribution in [-0.4, -0.2) is 15.3 Å². The normalized spacial score (nSPS) is 13.3. The molecule has 0 radical (unpaired) electrons. The van der Waals surface area contributed by atoms with Crippen LogP contribution in [-0.2, 0) is 0 Å². The first kappa shape index (κ1) is 8.62. The molecule has 1 rings (SSSR count). The Labute approximate surface area is 71.2 Å². The molecule has 0 saturated heterocycles. The number of hydrogen-bond acceptors (Lipinski definition) is 4. The van der Waals surface area contributed by atoms with E-state index in [1.54, 1.807) is 0 Å². The summed E-state index contributed by atoms with van der Waals surface area (Å²) in [6.45, 7) is 5.23. The predicted molar refractivity (Wildman–Crippen MR) is 46.6 cm³/mol. The summed E-state index contributed by atoms with van der Waals surface area (Å²) in [6.07, 6.45) is 2.90. The molecular formula is C7H13N3S. The molecule has 0 aliphatic heterocycles. The molecule has 1 unspecified atom stereocenters. The molecule has 1 heterocycles. The second kappa shape index (κ2) is 4.41. The first-order chi connectivity index (χ1) is 5.38. The van der Waals surface area contributed by atoms with Crippen LogP contribution in [0.25, 0.3) is 0 Å². The van der Waals surface area contributed by atoms with Crippen LogP contribution in [0.15, 0.2) is 6.20 Å². The smallest absolute Gasteiger partial charge is 0.0912 e. The summed E-state index contributed by atoms with van der Waals surface area (Å²) in [5.41, 5.74) is 1.07. The van der Waals surface area contributed by atoms with E-state index in [0.29, 0.717) is 6.04 Å². The van der Waals surface area contributed by atoms with Gasteiger partial charge in [0.15, 0.2) is 0 Å². The Bertz CT molecular complexity index is 186. The van der Waals surface area contributed by atoms with Gasteiger partial charge in [-0.3, -0.25) is 0 Å². The maximum Gasteiger partial charge on any atom is 0.0912 e. The van der Waals surface area contributed by atoms with Gasteiger partial charge in [0.25, 0.3) is 0 Å². The van der Waals surface area contributed by atoms with Gasteiger partial charge in [-0.15, -0.1) is 0 Å². The molecule has 3 nitrogen and oxygen atoms in total. The van der Waals surface area contributed by atoms with E-state index in [-0.39, 0.29) is 0 Å². The zero-order valence-electron chi connectivity index (χ0n) is 6.87. The third kappa shape index (κ3) is 2.24. The summed E-state index contributed by atoms with van der Waals surface area (Å²) in [6, 6.07) is 0.388. The zero-order valence-corrected chi connectivity index (χ0v) is 7.69. The largest absolute Gasteiger partial charge is 0.309 e. The number of nitrogens with one attached hydrogen (secondary N) is 1. The lowest BCUT2D eigenvalue weighted by Gasteiger charge is -2.11. The first-order valence-corrected chi connectivity index (χ1v) is 4.62. The van der Waals surface area contributed by atoms with Crippen molar-refractivity contribution in [2.45, 2.75) is 26.3 Å². The first-order valence-electron chi connectivity index (χ1n) is 3.89. The lowest BCUT2D eigenvalue weighted by Crippen LogP contribution is -2.20. The van der Waals surface area contributed by atoms with Gasteiger partial charge in [0.1, 0.15) is 0 Å². The Morgan fingerprint density at radius 3 is 2.91 bits per heavy atom. The van der Waals surface area contributed by atoms with E-state index in [4.69, 9.17) is 0 Å². The molecule has 0 aliphatic carbocycles. The Hall–Kier alpha value is -0.480. The minimum Gasteiger partial charge on any atom is -0.309 e. The van der Waals surface area contributed by atoms with Crippen molar-refractivity contribution in [2.24, 2.45) is 0 Å². The number of hydrogen-bond donors (Lipinski definition) is 1. The summed E-state index contributed by atoms with van der Waals surface area (Å²) in [5.74, 6) is 0. The molecule has 4 heteroatoms. The van der Waals surface area contributed by atoms with Crippen molar-refractivity contribution in [3.63, 3.8) is 0 Å². The van der Waals surface area contributed by atoms with Gasteiger partial charge in [0.2, 0.25) is 0 Å². The SMILES string of the molecule is CCNC(CC)c1cnsn1. The Kier molecular flexibility index (Phi) is 3.45. The average Bonchev–Trinajstić information content (AvgIpc) is 2.52. The standard InChI is InChI=1S/C7H13N3S/c1-3-6(8-4-2)7-5-9-11-10-7/h5-6,8H,3-4H2,1-2H3. The highest BCUT2D eigenvalue weighted by molar-refractivity contribution is 6.99. The monoisotopic (exact) mass is 171 g/mol. The summed E-state index contributed by atoms with van der Waals surface area (Å²) in [7, 11) is 0. The van der Waals surface area contributed by atoms with E-state index in [0.717, 1.165) is 18.7 Å². The second-order valence-electron chi connectivity index (χ2n) is 2.35. The maximum atomic E-state index is 4.17. The molecule has 0 aromatic carbocycles. The summed E-state index contributed by atoms with van der Waals surface area (Å²) in [4.78, 5) is 0. The van der Waals surface area contributed by atoms with Gasteiger partial charge >= 0.3 is 0 Å². The van der Waals surface area contributed by atoms with Crippen LogP contribution < -0.4 is 5.32 Å². The van der Waals surface area contributed by atoms with Gasteiger partial charge in [-0.2, -0.15) is 8.75 Å². The van der Waals surface area contributed by atoms with Gasteiger partial charge in [0, 0.05) is 0 Å². The van der Waals surface area contributed by atoms with Crippen molar-refractivity contribution >= 4 is 11.7 Å². The van der Waals surface area contributed by atoms with Crippen molar-refractivity contribution in [1.29, 1.82) is 0 Å². The molecule has 0 aliphatic rings. The molecule has 62 valence electrons. The molecule has 1 aromatic heterocycles. The summed E-state index contributed by atoms with van der Waals surface area (Å²) >= 11 is 1.27. The molecule has 1 aromatic rings. The Morgan fingerprint density at radius 1 is 1.64 bits per heavy atom. The highest BCUT2D eigenvalue weighted by Gasteiger charge is 2.09. The molecule has 1 atom stereocenters. The zero-order chi connectivity index (χ0) is 8.10. The van der Waals surface area contributed by atoms with E-state index in [2.05, 4.69) is 27.9 Å². The maximum absolute atomic E-state index is 4.17. The molecule has 0 fully saturated rings. The fourth-order valence-corrected chi connectivity index (χ4v) is 1.50. The Morgan fingerprint density at radius 2 is 2.45 bits per heavy atom. The topological polar surface area (TPSA) is 37.8 Å². The lowest BCUT2D eigenvalue weighted by atomic mass is 10.2. The number of aromatic nitrogens is 2. The van der Waals surface area contributed by atoms with Crippen LogP contribution in [0.2, 0.25) is 0 Å². The summed E-state index contributed by atoms with van der Waals surface area (Å²) < 4.78 is 8.14. The van der Waals surface area contributed by atoms with Crippen molar-refractivity contribution in [2.75, 3.05) is 6.54 Å². The fourth-order valence-electron chi connectivity index (χ4n) is 1.03. The fraction of sp³-hybridized carbons (Fsp3) is 0.714. The van der Waals surface area contributed by atoms with Gasteiger partial charge in [-0.05, 0) is 13.0 Å². The third-order valence-corrected chi connectivity index (χ3v) is 2.09. The minimum absolute atomic E-state index is 0.388. The molecule has 0 spiro atoms. The van der Waals surface area contributed by atoms with Gasteiger partial charge in [0.05, 0.1) is 29.7 Å². The lowest BCUT2D eigenvalue weighted by molar-refractivity contribution is 0.528. The second-order valence-corrected chi connectivity index (χ2v) is 2.91. The highest BCUT2D eigenvalue weighted by Crippen LogP contribution is 2.13. The van der Waals surface area contributed by atoms with Crippen LogP contribution in [0, 0.1) is 0 Å². The van der Waals surface area contributed by atoms with Gasteiger partial charge in [-0.25, -0.2) is 0 Å². The van der Waals surface area contributed by atoms with Crippen LogP contribution in [0.4, 0.5) is 0 Å². The van der Waals surface area contributed by atoms with Crippen LogP contribution in [0.1, 0.15) is 32.0 Å². The number of nitrogens with zero attached hydrogens (tertiary/aromatic N) is 2. The highest BCUT2D eigenvalue weighted by atomic mass is 32.1. The molecule has 11 heavy (non-hydrogen) atoms. The molecular weight excluding hydrogens is 158 g/mol. The van der Waals surface area contributed by atoms with E-state index in [9.17, 15) is 0 Å². The molecule has 0 amide bonds.